The predicted octanol–water partition coefficient (Wildman–Crippen LogP) is 3.48. The normalized spacial score (nSPS) is 15.0. The zero-order chi connectivity index (χ0) is 19.4. The van der Waals surface area contributed by atoms with Crippen molar-refractivity contribution in [1.29, 1.82) is 0 Å². The van der Waals surface area contributed by atoms with Crippen molar-refractivity contribution in [2.45, 2.75) is 11.8 Å². The van der Waals surface area contributed by atoms with Gasteiger partial charge in [-0.1, -0.05) is 36.0 Å². The second kappa shape index (κ2) is 8.41. The van der Waals surface area contributed by atoms with E-state index >= 15 is 0 Å². The Morgan fingerprint density at radius 3 is 2.78 bits per heavy atom. The van der Waals surface area contributed by atoms with Gasteiger partial charge in [-0.3, -0.25) is 9.59 Å². The molecular formula is C21H22N2O3S. The Kier molecular flexibility index (Phi) is 5.98. The molecule has 0 atom stereocenters. The second-order valence-electron chi connectivity index (χ2n) is 6.26. The van der Waals surface area contributed by atoms with Gasteiger partial charge in [0.15, 0.2) is 0 Å². The molecule has 0 saturated heterocycles. The molecule has 1 N–H and O–H groups in total. The number of amides is 2. The van der Waals surface area contributed by atoms with Crippen LogP contribution in [-0.4, -0.2) is 39.1 Å². The number of thioether (sulfide) groups is 1. The maximum Gasteiger partial charge on any atom is 0.264 e. The van der Waals surface area contributed by atoms with E-state index in [1.807, 2.05) is 43.3 Å². The van der Waals surface area contributed by atoms with Gasteiger partial charge in [0.1, 0.15) is 0 Å². The molecule has 140 valence electrons. The van der Waals surface area contributed by atoms with Crippen LogP contribution in [0.2, 0.25) is 0 Å². The van der Waals surface area contributed by atoms with Gasteiger partial charge in [-0.2, -0.15) is 0 Å². The SMILES string of the molecule is COCCNC(=O)c1ccc2c(c1)N(C)C(=O)/C(=C/c1ccccc1C)S2. The maximum atomic E-state index is 12.8. The molecule has 6 heteroatoms. The Morgan fingerprint density at radius 2 is 2.04 bits per heavy atom. The first-order valence-electron chi connectivity index (χ1n) is 8.65. The van der Waals surface area contributed by atoms with E-state index in [4.69, 9.17) is 4.74 Å². The van der Waals surface area contributed by atoms with Crippen molar-refractivity contribution in [3.8, 4) is 0 Å². The minimum Gasteiger partial charge on any atom is -0.383 e. The van der Waals surface area contributed by atoms with Gasteiger partial charge in [0.2, 0.25) is 0 Å². The number of hydrogen-bond acceptors (Lipinski definition) is 4. The third-order valence-electron chi connectivity index (χ3n) is 4.38. The van der Waals surface area contributed by atoms with Crippen LogP contribution in [-0.2, 0) is 9.53 Å². The van der Waals surface area contributed by atoms with Crippen LogP contribution in [0.25, 0.3) is 6.08 Å². The van der Waals surface area contributed by atoms with Gasteiger partial charge in [0.05, 0.1) is 17.2 Å². The maximum absolute atomic E-state index is 12.8. The topological polar surface area (TPSA) is 58.6 Å². The summed E-state index contributed by atoms with van der Waals surface area (Å²) < 4.78 is 4.94. The van der Waals surface area contributed by atoms with E-state index < -0.39 is 0 Å². The number of likely N-dealkylation sites (N-methyl/N-ethyl adjacent to an activating group) is 1. The fourth-order valence-electron chi connectivity index (χ4n) is 2.79. The van der Waals surface area contributed by atoms with Gasteiger partial charge in [-0.05, 0) is 42.3 Å². The van der Waals surface area contributed by atoms with Crippen LogP contribution >= 0.6 is 11.8 Å². The minimum absolute atomic E-state index is 0.0762. The number of fused-ring (bicyclic) bond motifs is 1. The first-order chi connectivity index (χ1) is 13.0. The highest BCUT2D eigenvalue weighted by molar-refractivity contribution is 8.04. The molecule has 0 spiro atoms. The summed E-state index contributed by atoms with van der Waals surface area (Å²) in [5.41, 5.74) is 3.41. The fraction of sp³-hybridized carbons (Fsp3) is 0.238. The van der Waals surface area contributed by atoms with Crippen molar-refractivity contribution < 1.29 is 14.3 Å². The molecule has 0 aliphatic carbocycles. The number of aryl methyl sites for hydroxylation is 1. The van der Waals surface area contributed by atoms with Gasteiger partial charge < -0.3 is 15.0 Å². The number of nitrogens with one attached hydrogen (secondary N) is 1. The average Bonchev–Trinajstić information content (AvgIpc) is 2.67. The molecule has 0 unspecified atom stereocenters. The summed E-state index contributed by atoms with van der Waals surface area (Å²) in [5, 5.41) is 2.79. The van der Waals surface area contributed by atoms with E-state index in [-0.39, 0.29) is 11.8 Å². The molecule has 0 aromatic heterocycles. The molecule has 0 radical (unpaired) electrons. The van der Waals surface area contributed by atoms with Gasteiger partial charge in [0, 0.05) is 31.2 Å². The fourth-order valence-corrected chi connectivity index (χ4v) is 3.88. The first kappa shape index (κ1) is 19.2. The predicted molar refractivity (Wildman–Crippen MR) is 109 cm³/mol. The Hall–Kier alpha value is -2.57. The van der Waals surface area contributed by atoms with Crippen LogP contribution in [0.5, 0.6) is 0 Å². The molecule has 3 rings (SSSR count). The first-order valence-corrected chi connectivity index (χ1v) is 9.47. The van der Waals surface area contributed by atoms with Crippen LogP contribution in [0.3, 0.4) is 0 Å². The Balaban J connectivity index is 1.87. The quantitative estimate of drug-likeness (QED) is 0.635. The van der Waals surface area contributed by atoms with Gasteiger partial charge in [0.25, 0.3) is 11.8 Å². The van der Waals surface area contributed by atoms with Crippen LogP contribution in [0, 0.1) is 6.92 Å². The van der Waals surface area contributed by atoms with Crippen molar-refractivity contribution >= 4 is 35.3 Å². The van der Waals surface area contributed by atoms with Crippen molar-refractivity contribution in [3.05, 3.63) is 64.1 Å². The molecule has 5 nitrogen and oxygen atoms in total. The minimum atomic E-state index is -0.179. The van der Waals surface area contributed by atoms with E-state index in [2.05, 4.69) is 5.32 Å². The molecule has 27 heavy (non-hydrogen) atoms. The Morgan fingerprint density at radius 1 is 1.26 bits per heavy atom. The molecule has 2 aromatic carbocycles. The van der Waals surface area contributed by atoms with Gasteiger partial charge in [-0.25, -0.2) is 0 Å². The number of benzene rings is 2. The zero-order valence-corrected chi connectivity index (χ0v) is 16.4. The van der Waals surface area contributed by atoms with E-state index in [0.29, 0.717) is 23.6 Å². The highest BCUT2D eigenvalue weighted by atomic mass is 32.2. The Bertz CT molecular complexity index is 908. The summed E-state index contributed by atoms with van der Waals surface area (Å²) in [6.45, 7) is 2.92. The lowest BCUT2D eigenvalue weighted by molar-refractivity contribution is -0.114. The average molecular weight is 382 g/mol. The van der Waals surface area contributed by atoms with Gasteiger partial charge in [-0.15, -0.1) is 0 Å². The third-order valence-corrected chi connectivity index (χ3v) is 5.46. The lowest BCUT2D eigenvalue weighted by atomic mass is 10.1. The standard InChI is InChI=1S/C21H22N2O3S/c1-14-6-4-5-7-15(14)13-19-21(25)23(2)17-12-16(8-9-18(17)27-19)20(24)22-10-11-26-3/h4-9,12-13H,10-11H2,1-3H3,(H,22,24)/b19-13-. The van der Waals surface area contributed by atoms with E-state index in [0.717, 1.165) is 21.7 Å². The zero-order valence-electron chi connectivity index (χ0n) is 15.6. The highest BCUT2D eigenvalue weighted by Gasteiger charge is 2.27. The van der Waals surface area contributed by atoms with Crippen molar-refractivity contribution in [2.24, 2.45) is 0 Å². The molecule has 0 fully saturated rings. The van der Waals surface area contributed by atoms with Crippen LogP contribution in [0.15, 0.2) is 52.3 Å². The van der Waals surface area contributed by atoms with E-state index in [1.165, 1.54) is 11.8 Å². The second-order valence-corrected chi connectivity index (χ2v) is 7.35. The molecular weight excluding hydrogens is 360 g/mol. The van der Waals surface area contributed by atoms with Crippen LogP contribution in [0.4, 0.5) is 5.69 Å². The molecule has 0 bridgehead atoms. The summed E-state index contributed by atoms with van der Waals surface area (Å²) >= 11 is 1.43. The summed E-state index contributed by atoms with van der Waals surface area (Å²) in [6, 6.07) is 13.4. The van der Waals surface area contributed by atoms with Crippen molar-refractivity contribution in [1.82, 2.24) is 5.32 Å². The summed E-state index contributed by atoms with van der Waals surface area (Å²) in [4.78, 5) is 28.3. The van der Waals surface area contributed by atoms with Crippen LogP contribution in [0.1, 0.15) is 21.5 Å². The lowest BCUT2D eigenvalue weighted by Crippen LogP contribution is -2.31. The number of nitrogens with zero attached hydrogens (tertiary/aromatic N) is 1. The molecule has 2 aromatic rings. The number of anilines is 1. The Labute approximate surface area is 163 Å². The number of hydrogen-bond donors (Lipinski definition) is 1. The van der Waals surface area contributed by atoms with E-state index in [1.54, 1.807) is 31.2 Å². The smallest absolute Gasteiger partial charge is 0.264 e. The monoisotopic (exact) mass is 382 g/mol. The van der Waals surface area contributed by atoms with Gasteiger partial charge >= 0.3 is 0 Å². The highest BCUT2D eigenvalue weighted by Crippen LogP contribution is 2.42. The summed E-state index contributed by atoms with van der Waals surface area (Å²) in [6.07, 6.45) is 1.92. The molecule has 0 saturated carbocycles. The molecule has 1 aliphatic heterocycles. The third kappa shape index (κ3) is 4.23. The summed E-state index contributed by atoms with van der Waals surface area (Å²) in [5.74, 6) is -0.255. The van der Waals surface area contributed by atoms with E-state index in [9.17, 15) is 9.59 Å². The number of carbonyl (C=O) groups is 2. The number of rotatable bonds is 5. The number of ether oxygens (including phenoxy) is 1. The number of methoxy groups -OCH3 is 1. The lowest BCUT2D eigenvalue weighted by Gasteiger charge is -2.27. The molecule has 1 aliphatic rings. The molecule has 2 amide bonds. The van der Waals surface area contributed by atoms with Crippen molar-refractivity contribution in [2.75, 3.05) is 32.2 Å². The summed E-state index contributed by atoms with van der Waals surface area (Å²) in [7, 11) is 3.32. The number of carbonyl (C=O) groups excluding carboxylic acids is 2. The molecule has 1 heterocycles. The van der Waals surface area contributed by atoms with Crippen molar-refractivity contribution in [3.63, 3.8) is 0 Å². The largest absolute Gasteiger partial charge is 0.383 e. The van der Waals surface area contributed by atoms with Crippen LogP contribution < -0.4 is 10.2 Å².